The Bertz CT molecular complexity index is 1670. The van der Waals surface area contributed by atoms with E-state index in [1.165, 1.54) is 11.3 Å². The third-order valence-corrected chi connectivity index (χ3v) is 9.83. The van der Waals surface area contributed by atoms with Crippen LogP contribution in [0.15, 0.2) is 60.7 Å². The monoisotopic (exact) mass is 569 g/mol. The summed E-state index contributed by atoms with van der Waals surface area (Å²) in [6, 6.07) is 17.7. The molecular weight excluding hydrogens is 534 g/mol. The van der Waals surface area contributed by atoms with E-state index in [-0.39, 0.29) is 23.8 Å². The number of thiophene rings is 1. The number of amides is 1. The van der Waals surface area contributed by atoms with Gasteiger partial charge in [0.1, 0.15) is 17.0 Å². The molecule has 0 aliphatic heterocycles. The summed E-state index contributed by atoms with van der Waals surface area (Å²) in [7, 11) is 4.06. The fraction of sp³-hybridized carbons (Fsp3) is 0.312. The molecule has 1 fully saturated rings. The van der Waals surface area contributed by atoms with Crippen LogP contribution in [0, 0.1) is 6.92 Å². The van der Waals surface area contributed by atoms with Crippen molar-refractivity contribution in [3.63, 3.8) is 0 Å². The number of carbonyl (C=O) groups is 2. The number of Topliss-reactive ketones (excluding diaryl/α,β-unsaturated/α-hetero) is 1. The van der Waals surface area contributed by atoms with Gasteiger partial charge in [-0.15, -0.1) is 11.3 Å². The van der Waals surface area contributed by atoms with Crippen LogP contribution >= 0.6 is 11.3 Å². The first-order valence-corrected chi connectivity index (χ1v) is 14.7. The highest BCUT2D eigenvalue weighted by Gasteiger charge is 2.49. The topological polar surface area (TPSA) is 137 Å². The molecule has 1 amide bonds. The molecule has 1 heterocycles. The molecule has 0 radical (unpaired) electrons. The molecule has 6 rings (SSSR count). The zero-order valence-corrected chi connectivity index (χ0v) is 24.3. The maximum atomic E-state index is 14.2. The van der Waals surface area contributed by atoms with Gasteiger partial charge < -0.3 is 32.2 Å². The lowest BCUT2D eigenvalue weighted by Crippen LogP contribution is -2.53. The second-order valence-electron chi connectivity index (χ2n) is 11.3. The average molecular weight is 570 g/mol. The molecule has 8 nitrogen and oxygen atoms in total. The summed E-state index contributed by atoms with van der Waals surface area (Å²) in [5.41, 5.74) is 21.7. The quantitative estimate of drug-likeness (QED) is 0.250. The van der Waals surface area contributed by atoms with Gasteiger partial charge in [0.2, 0.25) is 0 Å². The van der Waals surface area contributed by atoms with Crippen LogP contribution in [-0.4, -0.2) is 42.8 Å². The van der Waals surface area contributed by atoms with Crippen LogP contribution in [-0.2, 0) is 10.3 Å². The van der Waals surface area contributed by atoms with Crippen molar-refractivity contribution in [1.29, 1.82) is 0 Å². The van der Waals surface area contributed by atoms with Gasteiger partial charge in [-0.1, -0.05) is 30.3 Å². The largest absolute Gasteiger partial charge is 0.457 e. The molecule has 1 aromatic heterocycles. The maximum Gasteiger partial charge on any atom is 0.262 e. The molecule has 41 heavy (non-hydrogen) atoms. The number of ether oxygens (including phenoxy) is 1. The van der Waals surface area contributed by atoms with Crippen LogP contribution in [0.4, 0.5) is 5.69 Å². The number of ketones is 1. The summed E-state index contributed by atoms with van der Waals surface area (Å²) in [5.74, 6) is 0.752. The van der Waals surface area contributed by atoms with Gasteiger partial charge in [0, 0.05) is 28.7 Å². The number of carbonyl (C=O) groups excluding carboxylic acids is 2. The highest BCUT2D eigenvalue weighted by atomic mass is 32.1. The van der Waals surface area contributed by atoms with E-state index in [1.54, 1.807) is 12.1 Å². The lowest BCUT2D eigenvalue weighted by Gasteiger charge is -2.37. The van der Waals surface area contributed by atoms with E-state index in [9.17, 15) is 9.59 Å². The third kappa shape index (κ3) is 4.40. The Morgan fingerprint density at radius 2 is 1.78 bits per heavy atom. The fourth-order valence-corrected chi connectivity index (χ4v) is 7.76. The maximum absolute atomic E-state index is 14.2. The first-order chi connectivity index (χ1) is 19.6. The Morgan fingerprint density at radius 1 is 1.05 bits per heavy atom. The Kier molecular flexibility index (Phi) is 6.86. The Morgan fingerprint density at radius 3 is 2.49 bits per heavy atom. The van der Waals surface area contributed by atoms with Crippen LogP contribution in [0.3, 0.4) is 0 Å². The highest BCUT2D eigenvalue weighted by Crippen LogP contribution is 2.50. The number of rotatable bonds is 6. The SMILES string of the molecule is Cc1cc(Oc2ccccc2)ccc1C1(N)C(=O)C(N)c2c(C(=O)N[C@H]3CCC[C@H]3N(C)C)sc3c(N)ccc1c23. The lowest BCUT2D eigenvalue weighted by atomic mass is 9.69. The van der Waals surface area contributed by atoms with Gasteiger partial charge in [0.15, 0.2) is 5.78 Å². The van der Waals surface area contributed by atoms with Crippen molar-refractivity contribution < 1.29 is 14.3 Å². The van der Waals surface area contributed by atoms with Gasteiger partial charge in [-0.05, 0) is 87.3 Å². The molecule has 9 heteroatoms. The predicted molar refractivity (Wildman–Crippen MR) is 163 cm³/mol. The van der Waals surface area contributed by atoms with E-state index in [0.29, 0.717) is 44.1 Å². The number of para-hydroxylation sites is 1. The van der Waals surface area contributed by atoms with Gasteiger partial charge >= 0.3 is 0 Å². The van der Waals surface area contributed by atoms with Gasteiger partial charge in [0.25, 0.3) is 5.91 Å². The number of nitrogens with two attached hydrogens (primary N) is 3. The Labute approximate surface area is 243 Å². The number of benzene rings is 3. The van der Waals surface area contributed by atoms with E-state index in [2.05, 4.69) is 10.2 Å². The standard InChI is InChI=1S/C32H35N5O3S/c1-17-16-19(40-18-8-5-4-6-9-18)12-13-20(17)32(35)21-14-15-22(33)28-25(21)26(27(34)30(32)38)29(41-28)31(39)36-23-10-7-11-24(23)37(2)3/h4-6,8-9,12-16,23-24,27H,7,10-11,33-35H2,1-3H3,(H,36,39)/t23-,24+,27?,32?/m0/s1. The number of hydrogen-bond acceptors (Lipinski definition) is 8. The van der Waals surface area contributed by atoms with E-state index >= 15 is 0 Å². The van der Waals surface area contributed by atoms with Crippen molar-refractivity contribution in [2.45, 2.75) is 49.9 Å². The number of hydrogen-bond donors (Lipinski definition) is 4. The van der Waals surface area contributed by atoms with Crippen molar-refractivity contribution >= 4 is 38.8 Å². The zero-order valence-electron chi connectivity index (χ0n) is 23.4. The molecule has 4 atom stereocenters. The number of aryl methyl sites for hydroxylation is 1. The summed E-state index contributed by atoms with van der Waals surface area (Å²) in [6.45, 7) is 1.90. The molecule has 0 spiro atoms. The highest BCUT2D eigenvalue weighted by molar-refractivity contribution is 7.21. The molecule has 4 aromatic rings. The molecule has 2 aliphatic rings. The normalized spacial score (nSPS) is 23.8. The summed E-state index contributed by atoms with van der Waals surface area (Å²) in [5, 5.41) is 3.93. The van der Waals surface area contributed by atoms with E-state index in [1.807, 2.05) is 69.6 Å². The fourth-order valence-electron chi connectivity index (χ4n) is 6.56. The number of anilines is 1. The van der Waals surface area contributed by atoms with Gasteiger partial charge in [-0.3, -0.25) is 9.59 Å². The summed E-state index contributed by atoms with van der Waals surface area (Å²) >= 11 is 1.28. The minimum absolute atomic E-state index is 0.0233. The molecule has 1 saturated carbocycles. The molecule has 2 aliphatic carbocycles. The first-order valence-electron chi connectivity index (χ1n) is 13.9. The molecule has 0 saturated heterocycles. The first kappa shape index (κ1) is 27.4. The molecular formula is C32H35N5O3S. The predicted octanol–water partition coefficient (Wildman–Crippen LogP) is 4.58. The van der Waals surface area contributed by atoms with Gasteiger partial charge in [-0.25, -0.2) is 0 Å². The van der Waals surface area contributed by atoms with Crippen molar-refractivity contribution in [2.24, 2.45) is 11.5 Å². The second-order valence-corrected chi connectivity index (χ2v) is 12.4. The average Bonchev–Trinajstić information content (AvgIpc) is 3.58. The zero-order chi connectivity index (χ0) is 29.1. The van der Waals surface area contributed by atoms with E-state index in [4.69, 9.17) is 21.9 Å². The molecule has 0 bridgehead atoms. The second kappa shape index (κ2) is 10.3. The summed E-state index contributed by atoms with van der Waals surface area (Å²) < 4.78 is 6.73. The number of nitrogens with zero attached hydrogens (tertiary/aromatic N) is 1. The van der Waals surface area contributed by atoms with Gasteiger partial charge in [0.05, 0.1) is 15.6 Å². The Hall–Kier alpha value is -3.76. The van der Waals surface area contributed by atoms with Crippen molar-refractivity contribution in [2.75, 3.05) is 19.8 Å². The van der Waals surface area contributed by atoms with Crippen molar-refractivity contribution in [3.05, 3.63) is 87.8 Å². The summed E-state index contributed by atoms with van der Waals surface area (Å²) in [6.07, 6.45) is 2.98. The molecule has 3 aromatic carbocycles. The number of nitrogen functional groups attached to an aromatic ring is 1. The minimum Gasteiger partial charge on any atom is -0.457 e. The summed E-state index contributed by atoms with van der Waals surface area (Å²) in [4.78, 5) is 30.5. The number of likely N-dealkylation sites (N-methyl/N-ethyl adjacent to an activating group) is 1. The van der Waals surface area contributed by atoms with Crippen molar-refractivity contribution in [1.82, 2.24) is 10.2 Å². The van der Waals surface area contributed by atoms with E-state index in [0.717, 1.165) is 29.5 Å². The molecule has 2 unspecified atom stereocenters. The Balaban J connectivity index is 1.43. The minimum atomic E-state index is -1.52. The van der Waals surface area contributed by atoms with Crippen LogP contribution in [0.2, 0.25) is 0 Å². The van der Waals surface area contributed by atoms with Crippen molar-refractivity contribution in [3.8, 4) is 11.5 Å². The van der Waals surface area contributed by atoms with E-state index < -0.39 is 11.6 Å². The number of nitrogens with one attached hydrogen (secondary N) is 1. The van der Waals surface area contributed by atoms with Gasteiger partial charge in [-0.2, -0.15) is 0 Å². The molecule has 7 N–H and O–H groups in total. The lowest BCUT2D eigenvalue weighted by molar-refractivity contribution is -0.124. The van der Waals surface area contributed by atoms with Crippen LogP contribution in [0.25, 0.3) is 10.1 Å². The van der Waals surface area contributed by atoms with Crippen LogP contribution in [0.5, 0.6) is 11.5 Å². The molecule has 212 valence electrons. The smallest absolute Gasteiger partial charge is 0.262 e. The third-order valence-electron chi connectivity index (χ3n) is 8.58. The van der Waals surface area contributed by atoms with Crippen LogP contribution < -0.4 is 27.3 Å². The van der Waals surface area contributed by atoms with Crippen LogP contribution in [0.1, 0.15) is 57.2 Å².